The summed E-state index contributed by atoms with van der Waals surface area (Å²) >= 11 is 0. The lowest BCUT2D eigenvalue weighted by Gasteiger charge is -2.62. The van der Waals surface area contributed by atoms with Gasteiger partial charge in [-0.05, 0) is 360 Å². The maximum absolute atomic E-state index is 12.5. The second-order valence-corrected chi connectivity index (χ2v) is 40.6. The van der Waals surface area contributed by atoms with E-state index in [2.05, 4.69) is 83.1 Å². The van der Waals surface area contributed by atoms with E-state index in [4.69, 9.17) is 28.4 Å². The summed E-state index contributed by atoms with van der Waals surface area (Å²) in [5.74, 6) is 13.0. The van der Waals surface area contributed by atoms with Crippen molar-refractivity contribution in [2.75, 3.05) is 0 Å². The molecule has 0 aliphatic heterocycles. The number of esters is 6. The van der Waals surface area contributed by atoms with Gasteiger partial charge in [0.15, 0.2) is 0 Å². The Morgan fingerprint density at radius 2 is 0.632 bits per heavy atom. The molecule has 0 spiro atoms. The fraction of sp³-hybridized carbons (Fsp3) is 0.936. The van der Waals surface area contributed by atoms with Crippen LogP contribution in [0.3, 0.4) is 0 Å². The molecule has 0 radical (unpaired) electrons. The van der Waals surface area contributed by atoms with Gasteiger partial charge in [0.25, 0.3) is 0 Å². The molecule has 18 fully saturated rings. The van der Waals surface area contributed by atoms with E-state index in [1.54, 1.807) is 0 Å². The smallest absolute Gasteiger partial charge is 0.309 e. The number of hydrogen-bond acceptors (Lipinski definition) is 12. The normalized spacial score (nSPS) is 38.2. The molecule has 0 aromatic rings. The van der Waals surface area contributed by atoms with Crippen molar-refractivity contribution in [1.29, 1.82) is 0 Å². The summed E-state index contributed by atoms with van der Waals surface area (Å²) in [5, 5.41) is 0. The Kier molecular flexibility index (Phi) is 30.1. The maximum atomic E-state index is 12.5. The van der Waals surface area contributed by atoms with Crippen molar-refractivity contribution in [3.8, 4) is 0 Å². The van der Waals surface area contributed by atoms with Crippen LogP contribution in [0.5, 0.6) is 0 Å². The molecule has 106 heavy (non-hydrogen) atoms. The van der Waals surface area contributed by atoms with Crippen LogP contribution in [-0.4, -0.2) is 69.4 Å². The van der Waals surface area contributed by atoms with Crippen molar-refractivity contribution in [1.82, 2.24) is 0 Å². The highest BCUT2D eigenvalue weighted by atomic mass is 16.6. The topological polar surface area (TPSA) is 158 Å². The highest BCUT2D eigenvalue weighted by molar-refractivity contribution is 5.75. The third-order valence-electron chi connectivity index (χ3n) is 32.8. The van der Waals surface area contributed by atoms with E-state index in [0.717, 1.165) is 130 Å². The van der Waals surface area contributed by atoms with Gasteiger partial charge in [0, 0.05) is 5.41 Å². The predicted octanol–water partition coefficient (Wildman–Crippen LogP) is 24.0. The Morgan fingerprint density at radius 1 is 0.330 bits per heavy atom. The number of carbonyl (C=O) groups excluding carboxylic acids is 6. The molecule has 0 heterocycles. The first kappa shape index (κ1) is 86.8. The van der Waals surface area contributed by atoms with E-state index in [1.807, 2.05) is 55.4 Å². The van der Waals surface area contributed by atoms with Crippen molar-refractivity contribution in [2.45, 2.75) is 422 Å². The summed E-state index contributed by atoms with van der Waals surface area (Å²) in [6.45, 7) is 41.8. The molecule has 6 unspecified atom stereocenters. The average molecular weight is 1480 g/mol. The molecule has 0 amide bonds. The first-order valence-corrected chi connectivity index (χ1v) is 45.5. The lowest BCUT2D eigenvalue weighted by molar-refractivity contribution is -0.227. The molecule has 0 N–H and O–H groups in total. The molecule has 0 saturated heterocycles. The zero-order chi connectivity index (χ0) is 77.5. The van der Waals surface area contributed by atoms with Gasteiger partial charge in [-0.3, -0.25) is 28.8 Å². The Labute approximate surface area is 647 Å². The van der Waals surface area contributed by atoms with Crippen molar-refractivity contribution in [3.63, 3.8) is 0 Å². The average Bonchev–Trinajstić information content (AvgIpc) is 0.744. The molecule has 18 aliphatic carbocycles. The third-order valence-corrected chi connectivity index (χ3v) is 32.8. The monoisotopic (exact) mass is 1480 g/mol. The fourth-order valence-corrected chi connectivity index (χ4v) is 25.2. The van der Waals surface area contributed by atoms with E-state index in [1.165, 1.54) is 173 Å². The van der Waals surface area contributed by atoms with E-state index in [0.29, 0.717) is 41.4 Å². The molecule has 12 heteroatoms. The Balaban J connectivity index is 0.000000148. The van der Waals surface area contributed by atoms with Gasteiger partial charge < -0.3 is 28.4 Å². The van der Waals surface area contributed by atoms with Crippen molar-refractivity contribution in [3.05, 3.63) is 0 Å². The van der Waals surface area contributed by atoms with Crippen LogP contribution >= 0.6 is 0 Å². The summed E-state index contributed by atoms with van der Waals surface area (Å²) in [4.78, 5) is 72.6. The molecular weight excluding hydrogens is 1320 g/mol. The number of ether oxygens (including phenoxy) is 6. The standard InChI is InChI=1S/2C18H30O2.C17H28O2.C16H26O2.C13H24O2.C12H22O2/c1-5-12(2)16(19)20-17(3,4)18-9-13-6-14(10-18)8-15(7-13)11-18;1-5-12(4)17(19)20-18(11(2)3)15-7-13-6-14(9-15)10-16(18)8-13;1-4-11(3)16(18)19-17(5-2)14-7-12-6-13(9-14)10-15(17)8-12;1-4-10(2)15(17)18-16(3)13-6-11-5-12(8-13)9-14(16)7-11;1-4-11(3)12(14)15-13(5-2)9-7-6-8-10-13;1-4-10(2)11(13)14-12(3)8-6-5-7-9-12/h12-15H,5-11H2,1-4H3;11-16H,5-10H2,1-4H3;11-15H,4-10H2,1-3H3;10-14H,4-9H2,1-3H3;11H,4-10H2,1-3H3;10H,4-9H2,1-3H3. The number of carbonyl (C=O) groups is 6. The van der Waals surface area contributed by atoms with Gasteiger partial charge in [0.1, 0.15) is 33.6 Å². The summed E-state index contributed by atoms with van der Waals surface area (Å²) in [6.07, 6.45) is 47.1. The van der Waals surface area contributed by atoms with Crippen LogP contribution in [0.25, 0.3) is 0 Å². The SMILES string of the molecule is CCC(C)C(=O)OC(C)(C)C12CC3CC(CC(C3)C1)C2.CCC(C)C(=O)OC1(C(C)C)C2CC3CC(C2)CC1C3.CCC(C)C(=O)OC1(C)C2CC3CC(C2)CC1C3.CCC(C)C(=O)OC1(C)CCCCC1.CCC(C)C(=O)OC1(CC)C2CC3CC(C2)CC1C3.CCC(C)C(=O)OC1(CC)CCCCC1. The molecule has 16 bridgehead atoms. The zero-order valence-corrected chi connectivity index (χ0v) is 71.7. The van der Waals surface area contributed by atoms with Crippen molar-refractivity contribution in [2.24, 2.45) is 136 Å². The largest absolute Gasteiger partial charge is 0.459 e. The highest BCUT2D eigenvalue weighted by Gasteiger charge is 2.63. The molecular formula is C94H160O12. The Bertz CT molecular complexity index is 2730. The van der Waals surface area contributed by atoms with Crippen molar-refractivity contribution < 1.29 is 57.2 Å². The molecule has 18 saturated carbocycles. The highest BCUT2D eigenvalue weighted by Crippen LogP contribution is 2.66. The lowest BCUT2D eigenvalue weighted by Crippen LogP contribution is -2.62. The molecule has 6 atom stereocenters. The van der Waals surface area contributed by atoms with E-state index in [-0.39, 0.29) is 110 Å². The summed E-state index contributed by atoms with van der Waals surface area (Å²) < 4.78 is 35.9. The fourth-order valence-electron chi connectivity index (χ4n) is 25.2. The number of hydrogen-bond donors (Lipinski definition) is 0. The minimum Gasteiger partial charge on any atom is -0.459 e. The van der Waals surface area contributed by atoms with E-state index >= 15 is 0 Å². The summed E-state index contributed by atoms with van der Waals surface area (Å²) in [7, 11) is 0. The molecule has 608 valence electrons. The second kappa shape index (κ2) is 36.7. The van der Waals surface area contributed by atoms with Crippen LogP contribution in [0.1, 0.15) is 389 Å². The minimum atomic E-state index is -0.288. The Hall–Kier alpha value is -3.18. The van der Waals surface area contributed by atoms with Crippen LogP contribution in [0.15, 0.2) is 0 Å². The molecule has 0 aromatic carbocycles. The molecule has 18 rings (SSSR count). The first-order chi connectivity index (χ1) is 50.1. The van der Waals surface area contributed by atoms with Gasteiger partial charge in [0.05, 0.1) is 35.5 Å². The minimum absolute atomic E-state index is 0.00116. The quantitative estimate of drug-likeness (QED) is 0.0747. The van der Waals surface area contributed by atoms with Crippen LogP contribution in [0, 0.1) is 136 Å². The van der Waals surface area contributed by atoms with Crippen LogP contribution in [0.2, 0.25) is 0 Å². The van der Waals surface area contributed by atoms with Crippen LogP contribution < -0.4 is 0 Å². The predicted molar refractivity (Wildman–Crippen MR) is 426 cm³/mol. The number of rotatable bonds is 22. The van der Waals surface area contributed by atoms with Crippen LogP contribution in [-0.2, 0) is 57.2 Å². The molecule has 12 nitrogen and oxygen atoms in total. The van der Waals surface area contributed by atoms with E-state index < -0.39 is 0 Å². The first-order valence-electron chi connectivity index (χ1n) is 45.5. The summed E-state index contributed by atoms with van der Waals surface area (Å²) in [5.41, 5.74) is -0.707. The Morgan fingerprint density at radius 3 is 0.981 bits per heavy atom. The lowest BCUT2D eigenvalue weighted by atomic mass is 9.46. The van der Waals surface area contributed by atoms with Gasteiger partial charge in [-0.1, -0.05) is 124 Å². The maximum Gasteiger partial charge on any atom is 0.309 e. The third kappa shape index (κ3) is 19.5. The molecule has 18 aliphatic rings. The summed E-state index contributed by atoms with van der Waals surface area (Å²) in [6, 6.07) is 0. The zero-order valence-electron chi connectivity index (χ0n) is 71.7. The van der Waals surface area contributed by atoms with Gasteiger partial charge >= 0.3 is 35.8 Å². The van der Waals surface area contributed by atoms with Crippen LogP contribution in [0.4, 0.5) is 0 Å². The van der Waals surface area contributed by atoms with Gasteiger partial charge in [-0.25, -0.2) is 0 Å². The van der Waals surface area contributed by atoms with Gasteiger partial charge in [-0.15, -0.1) is 0 Å². The van der Waals surface area contributed by atoms with Gasteiger partial charge in [0.2, 0.25) is 0 Å². The van der Waals surface area contributed by atoms with E-state index in [9.17, 15) is 28.8 Å². The second-order valence-electron chi connectivity index (χ2n) is 40.6. The van der Waals surface area contributed by atoms with Gasteiger partial charge in [-0.2, -0.15) is 0 Å². The molecule has 0 aromatic heterocycles. The van der Waals surface area contributed by atoms with Crippen molar-refractivity contribution >= 4 is 35.8 Å².